The number of aromatic nitrogens is 2. The molecule has 1 saturated carbocycles. The van der Waals surface area contributed by atoms with E-state index in [-0.39, 0.29) is 0 Å². The van der Waals surface area contributed by atoms with Crippen molar-refractivity contribution in [2.24, 2.45) is 0 Å². The first kappa shape index (κ1) is 14.4. The van der Waals surface area contributed by atoms with Crippen LogP contribution in [0.4, 0.5) is 0 Å². The third kappa shape index (κ3) is 3.52. The second-order valence-electron chi connectivity index (χ2n) is 4.86. The number of aryl methyl sites for hydroxylation is 1. The number of halogens is 1. The lowest BCUT2D eigenvalue weighted by atomic mass is 10.3. The molecule has 1 unspecified atom stereocenters. The maximum atomic E-state index is 10.3. The van der Waals surface area contributed by atoms with Crippen LogP contribution in [0.25, 0.3) is 0 Å². The van der Waals surface area contributed by atoms with Crippen LogP contribution < -0.4 is 0 Å². The SMILES string of the molecule is CCCn1ncc(Br)c1C(O)CSC1CCCC1. The van der Waals surface area contributed by atoms with Gasteiger partial charge in [0.15, 0.2) is 0 Å². The van der Waals surface area contributed by atoms with Gasteiger partial charge in [0.1, 0.15) is 6.10 Å². The highest BCUT2D eigenvalue weighted by molar-refractivity contribution is 9.10. The highest BCUT2D eigenvalue weighted by atomic mass is 79.9. The minimum absolute atomic E-state index is 0.418. The van der Waals surface area contributed by atoms with Gasteiger partial charge in [0, 0.05) is 17.5 Å². The second kappa shape index (κ2) is 6.96. The van der Waals surface area contributed by atoms with E-state index in [1.54, 1.807) is 6.20 Å². The number of hydrogen-bond donors (Lipinski definition) is 1. The summed E-state index contributed by atoms with van der Waals surface area (Å²) in [6, 6.07) is 0. The van der Waals surface area contributed by atoms with Gasteiger partial charge in [0.2, 0.25) is 0 Å². The topological polar surface area (TPSA) is 38.0 Å². The quantitative estimate of drug-likeness (QED) is 0.861. The van der Waals surface area contributed by atoms with E-state index in [9.17, 15) is 5.11 Å². The van der Waals surface area contributed by atoms with Crippen LogP contribution in [-0.4, -0.2) is 25.9 Å². The molecule has 2 rings (SSSR count). The molecule has 18 heavy (non-hydrogen) atoms. The van der Waals surface area contributed by atoms with E-state index in [0.717, 1.165) is 34.1 Å². The number of thioether (sulfide) groups is 1. The summed E-state index contributed by atoms with van der Waals surface area (Å²) in [6.07, 6.45) is 7.73. The van der Waals surface area contributed by atoms with E-state index < -0.39 is 6.10 Å². The van der Waals surface area contributed by atoms with E-state index in [2.05, 4.69) is 28.0 Å². The molecule has 102 valence electrons. The fourth-order valence-corrected chi connectivity index (χ4v) is 4.29. The summed E-state index contributed by atoms with van der Waals surface area (Å²) in [5.74, 6) is 0.776. The molecule has 1 aliphatic carbocycles. The highest BCUT2D eigenvalue weighted by Gasteiger charge is 2.21. The fourth-order valence-electron chi connectivity index (χ4n) is 2.45. The first-order chi connectivity index (χ1) is 8.72. The number of hydrogen-bond acceptors (Lipinski definition) is 3. The lowest BCUT2D eigenvalue weighted by Gasteiger charge is -2.16. The molecule has 0 amide bonds. The van der Waals surface area contributed by atoms with Crippen LogP contribution in [0.3, 0.4) is 0 Å². The van der Waals surface area contributed by atoms with Crippen LogP contribution in [0.15, 0.2) is 10.7 Å². The van der Waals surface area contributed by atoms with Gasteiger partial charge in [-0.25, -0.2) is 0 Å². The lowest BCUT2D eigenvalue weighted by molar-refractivity contribution is 0.190. The Hall–Kier alpha value is -0.0000000000000000555. The van der Waals surface area contributed by atoms with Gasteiger partial charge in [0.25, 0.3) is 0 Å². The van der Waals surface area contributed by atoms with Gasteiger partial charge in [-0.1, -0.05) is 19.8 Å². The van der Waals surface area contributed by atoms with Crippen molar-refractivity contribution in [3.05, 3.63) is 16.4 Å². The van der Waals surface area contributed by atoms with Gasteiger partial charge in [-0.3, -0.25) is 4.68 Å². The number of nitrogens with zero attached hydrogens (tertiary/aromatic N) is 2. The number of aliphatic hydroxyl groups is 1. The molecule has 0 bridgehead atoms. The van der Waals surface area contributed by atoms with Crippen LogP contribution in [0.2, 0.25) is 0 Å². The average Bonchev–Trinajstić information content (AvgIpc) is 2.97. The van der Waals surface area contributed by atoms with Crippen molar-refractivity contribution < 1.29 is 5.11 Å². The molecule has 0 aliphatic heterocycles. The van der Waals surface area contributed by atoms with E-state index in [0.29, 0.717) is 0 Å². The molecule has 5 heteroatoms. The van der Waals surface area contributed by atoms with Gasteiger partial charge in [-0.05, 0) is 35.2 Å². The molecule has 0 radical (unpaired) electrons. The zero-order chi connectivity index (χ0) is 13.0. The summed E-state index contributed by atoms with van der Waals surface area (Å²) in [5, 5.41) is 15.4. The highest BCUT2D eigenvalue weighted by Crippen LogP contribution is 2.33. The van der Waals surface area contributed by atoms with Crippen molar-refractivity contribution in [1.82, 2.24) is 9.78 Å². The summed E-state index contributed by atoms with van der Waals surface area (Å²) in [5.41, 5.74) is 0.933. The van der Waals surface area contributed by atoms with Crippen LogP contribution in [0.5, 0.6) is 0 Å². The third-order valence-corrected chi connectivity index (χ3v) is 5.44. The van der Waals surface area contributed by atoms with Gasteiger partial charge in [-0.15, -0.1) is 0 Å². The molecule has 0 aromatic carbocycles. The normalized spacial score (nSPS) is 18.4. The summed E-state index contributed by atoms with van der Waals surface area (Å²) < 4.78 is 2.85. The molecule has 3 nitrogen and oxygen atoms in total. The molecule has 1 aromatic heterocycles. The van der Waals surface area contributed by atoms with Gasteiger partial charge < -0.3 is 5.11 Å². The minimum Gasteiger partial charge on any atom is -0.386 e. The van der Waals surface area contributed by atoms with Crippen molar-refractivity contribution in [2.45, 2.75) is 56.9 Å². The van der Waals surface area contributed by atoms with Gasteiger partial charge in [0.05, 0.1) is 16.4 Å². The molecule has 1 heterocycles. The predicted octanol–water partition coefficient (Wildman–Crippen LogP) is 3.76. The maximum Gasteiger partial charge on any atom is 0.106 e. The zero-order valence-corrected chi connectivity index (χ0v) is 13.2. The van der Waals surface area contributed by atoms with E-state index in [1.165, 1.54) is 25.7 Å². The van der Waals surface area contributed by atoms with E-state index in [4.69, 9.17) is 0 Å². The largest absolute Gasteiger partial charge is 0.386 e. The second-order valence-corrected chi connectivity index (χ2v) is 7.04. The van der Waals surface area contributed by atoms with Gasteiger partial charge in [-0.2, -0.15) is 16.9 Å². The Bertz CT molecular complexity index is 377. The van der Waals surface area contributed by atoms with Crippen LogP contribution in [0, 0.1) is 0 Å². The van der Waals surface area contributed by atoms with Crippen molar-refractivity contribution in [1.29, 1.82) is 0 Å². The van der Waals surface area contributed by atoms with Gasteiger partial charge >= 0.3 is 0 Å². The molecular weight excluding hydrogens is 312 g/mol. The summed E-state index contributed by atoms with van der Waals surface area (Å²) in [7, 11) is 0. The lowest BCUT2D eigenvalue weighted by Crippen LogP contribution is -2.12. The first-order valence-electron chi connectivity index (χ1n) is 6.73. The molecule has 0 saturated heterocycles. The first-order valence-corrected chi connectivity index (χ1v) is 8.57. The van der Waals surface area contributed by atoms with Crippen molar-refractivity contribution in [3.8, 4) is 0 Å². The summed E-state index contributed by atoms with van der Waals surface area (Å²) in [4.78, 5) is 0. The number of rotatable bonds is 6. The Balaban J connectivity index is 1.94. The summed E-state index contributed by atoms with van der Waals surface area (Å²) in [6.45, 7) is 2.99. The van der Waals surface area contributed by atoms with Crippen LogP contribution in [-0.2, 0) is 6.54 Å². The van der Waals surface area contributed by atoms with Crippen LogP contribution >= 0.6 is 27.7 Å². The van der Waals surface area contributed by atoms with Crippen LogP contribution in [0.1, 0.15) is 50.8 Å². The predicted molar refractivity (Wildman–Crippen MR) is 79.9 cm³/mol. The zero-order valence-electron chi connectivity index (χ0n) is 10.8. The Kier molecular flexibility index (Phi) is 5.57. The summed E-state index contributed by atoms with van der Waals surface area (Å²) >= 11 is 5.40. The Morgan fingerprint density at radius 3 is 2.94 bits per heavy atom. The van der Waals surface area contributed by atoms with E-state index >= 15 is 0 Å². The Morgan fingerprint density at radius 1 is 1.56 bits per heavy atom. The Morgan fingerprint density at radius 2 is 2.28 bits per heavy atom. The number of aliphatic hydroxyl groups excluding tert-OH is 1. The average molecular weight is 333 g/mol. The smallest absolute Gasteiger partial charge is 0.106 e. The molecule has 1 aromatic rings. The fraction of sp³-hybridized carbons (Fsp3) is 0.769. The van der Waals surface area contributed by atoms with Crippen molar-refractivity contribution in [3.63, 3.8) is 0 Å². The molecule has 1 fully saturated rings. The molecular formula is C13H21BrN2OS. The maximum absolute atomic E-state index is 10.3. The van der Waals surface area contributed by atoms with Crippen molar-refractivity contribution >= 4 is 27.7 Å². The van der Waals surface area contributed by atoms with Crippen molar-refractivity contribution in [2.75, 3.05) is 5.75 Å². The standard InChI is InChI=1S/C13H21BrN2OS/c1-2-7-16-13(11(14)8-15-16)12(17)9-18-10-5-3-4-6-10/h8,10,12,17H,2-7,9H2,1H3. The molecule has 1 aliphatic rings. The monoisotopic (exact) mass is 332 g/mol. The third-order valence-electron chi connectivity index (χ3n) is 3.38. The molecule has 1 atom stereocenters. The minimum atomic E-state index is -0.418. The van der Waals surface area contributed by atoms with E-state index in [1.807, 2.05) is 16.4 Å². The molecule has 1 N–H and O–H groups in total. The Labute approximate surface area is 121 Å². The molecule has 0 spiro atoms.